The highest BCUT2D eigenvalue weighted by Crippen LogP contribution is 2.39. The highest BCUT2D eigenvalue weighted by atomic mass is 79.9. The molecule has 2 aliphatic heterocycles. The van der Waals surface area contributed by atoms with Gasteiger partial charge in [0, 0.05) is 33.7 Å². The van der Waals surface area contributed by atoms with Crippen molar-refractivity contribution in [1.82, 2.24) is 4.90 Å². The Balaban J connectivity index is 1.78. The number of fused-ring (bicyclic) bond motifs is 1. The van der Waals surface area contributed by atoms with Crippen molar-refractivity contribution in [3.8, 4) is 0 Å². The Kier molecular flexibility index (Phi) is 2.86. The molecule has 88 valence electrons. The number of aliphatic hydroxyl groups is 1. The molecule has 16 heavy (non-hydrogen) atoms. The first kappa shape index (κ1) is 11.2. The van der Waals surface area contributed by atoms with Crippen LogP contribution in [0.25, 0.3) is 0 Å². The Hall–Kier alpha value is 0.1000. The molecule has 0 radical (unpaired) electrons. The van der Waals surface area contributed by atoms with Crippen molar-refractivity contribution in [2.75, 3.05) is 13.1 Å². The second kappa shape index (κ2) is 4.09. The highest BCUT2D eigenvalue weighted by Gasteiger charge is 2.47. The summed E-state index contributed by atoms with van der Waals surface area (Å²) in [5.41, 5.74) is -0.471. The molecule has 2 aliphatic rings. The average molecular weight is 302 g/mol. The molecule has 3 heterocycles. The van der Waals surface area contributed by atoms with Crippen LogP contribution in [0.5, 0.6) is 0 Å². The van der Waals surface area contributed by atoms with Crippen LogP contribution in [0.4, 0.5) is 0 Å². The summed E-state index contributed by atoms with van der Waals surface area (Å²) in [6.45, 7) is 2.26. The fraction of sp³-hybridized carbons (Fsp3) is 0.667. The van der Waals surface area contributed by atoms with Gasteiger partial charge in [0.15, 0.2) is 0 Å². The average Bonchev–Trinajstić information content (AvgIpc) is 2.88. The topological polar surface area (TPSA) is 23.5 Å². The molecule has 1 aromatic rings. The van der Waals surface area contributed by atoms with Crippen LogP contribution in [-0.2, 0) is 6.42 Å². The van der Waals surface area contributed by atoms with E-state index in [1.807, 2.05) is 0 Å². The number of thiophene rings is 1. The maximum atomic E-state index is 10.8. The predicted molar refractivity (Wildman–Crippen MR) is 69.9 cm³/mol. The van der Waals surface area contributed by atoms with E-state index in [9.17, 15) is 5.11 Å². The Morgan fingerprint density at radius 3 is 3.19 bits per heavy atom. The van der Waals surface area contributed by atoms with Gasteiger partial charge in [-0.3, -0.25) is 4.90 Å². The fourth-order valence-corrected chi connectivity index (χ4v) is 4.73. The van der Waals surface area contributed by atoms with Crippen LogP contribution in [0.1, 0.15) is 24.1 Å². The van der Waals surface area contributed by atoms with E-state index in [1.165, 1.54) is 24.3 Å². The number of halogens is 1. The summed E-state index contributed by atoms with van der Waals surface area (Å²) in [6, 6.07) is 2.55. The van der Waals surface area contributed by atoms with Crippen LogP contribution in [-0.4, -0.2) is 34.7 Å². The van der Waals surface area contributed by atoms with Gasteiger partial charge < -0.3 is 5.11 Å². The van der Waals surface area contributed by atoms with Gasteiger partial charge in [-0.1, -0.05) is 0 Å². The molecular weight excluding hydrogens is 286 g/mol. The Labute approximate surface area is 108 Å². The molecular formula is C12H16BrNOS. The summed E-state index contributed by atoms with van der Waals surface area (Å²) < 4.78 is 1.14. The van der Waals surface area contributed by atoms with Crippen molar-refractivity contribution < 1.29 is 5.11 Å². The summed E-state index contributed by atoms with van der Waals surface area (Å²) in [5, 5.41) is 12.9. The smallest absolute Gasteiger partial charge is 0.0862 e. The predicted octanol–water partition coefficient (Wildman–Crippen LogP) is 2.65. The molecule has 0 amide bonds. The first-order valence-electron chi connectivity index (χ1n) is 5.87. The minimum Gasteiger partial charge on any atom is -0.388 e. The number of hydrogen-bond acceptors (Lipinski definition) is 3. The zero-order chi connectivity index (χ0) is 11.2. The van der Waals surface area contributed by atoms with Crippen LogP contribution < -0.4 is 0 Å². The molecule has 0 aliphatic carbocycles. The van der Waals surface area contributed by atoms with Gasteiger partial charge in [0.1, 0.15) is 0 Å². The second-order valence-corrected chi connectivity index (χ2v) is 6.87. The van der Waals surface area contributed by atoms with Gasteiger partial charge in [0.2, 0.25) is 0 Å². The number of hydrogen-bond donors (Lipinski definition) is 1. The van der Waals surface area contributed by atoms with E-state index in [0.717, 1.165) is 23.9 Å². The minimum absolute atomic E-state index is 0.411. The molecule has 4 heteroatoms. The summed E-state index contributed by atoms with van der Waals surface area (Å²) in [4.78, 5) is 3.76. The summed E-state index contributed by atoms with van der Waals surface area (Å²) >= 11 is 5.22. The lowest BCUT2D eigenvalue weighted by atomic mass is 9.89. The molecule has 2 fully saturated rings. The van der Waals surface area contributed by atoms with Crippen LogP contribution >= 0.6 is 27.3 Å². The van der Waals surface area contributed by atoms with E-state index in [0.29, 0.717) is 6.04 Å². The van der Waals surface area contributed by atoms with Crippen LogP contribution in [0.15, 0.2) is 15.9 Å². The van der Waals surface area contributed by atoms with Gasteiger partial charge in [0.25, 0.3) is 0 Å². The lowest BCUT2D eigenvalue weighted by molar-refractivity contribution is 0.0148. The summed E-state index contributed by atoms with van der Waals surface area (Å²) in [6.07, 6.45) is 4.18. The van der Waals surface area contributed by atoms with Gasteiger partial charge in [-0.15, -0.1) is 11.3 Å². The molecule has 1 aromatic heterocycles. The zero-order valence-electron chi connectivity index (χ0n) is 9.16. The van der Waals surface area contributed by atoms with Crippen LogP contribution in [0, 0.1) is 0 Å². The van der Waals surface area contributed by atoms with Crippen molar-refractivity contribution in [3.63, 3.8) is 0 Å². The van der Waals surface area contributed by atoms with Gasteiger partial charge in [-0.25, -0.2) is 0 Å². The van der Waals surface area contributed by atoms with E-state index in [4.69, 9.17) is 0 Å². The molecule has 0 bridgehead atoms. The molecule has 2 atom stereocenters. The van der Waals surface area contributed by atoms with E-state index in [1.54, 1.807) is 11.3 Å². The minimum atomic E-state index is -0.471. The van der Waals surface area contributed by atoms with Gasteiger partial charge in [0.05, 0.1) is 5.60 Å². The molecule has 1 N–H and O–H groups in total. The van der Waals surface area contributed by atoms with Crippen LogP contribution in [0.2, 0.25) is 0 Å². The molecule has 2 saturated heterocycles. The Morgan fingerprint density at radius 2 is 2.44 bits per heavy atom. The monoisotopic (exact) mass is 301 g/mol. The second-order valence-electron chi connectivity index (χ2n) is 4.96. The lowest BCUT2D eigenvalue weighted by Crippen LogP contribution is -2.42. The molecule has 2 nitrogen and oxygen atoms in total. The maximum Gasteiger partial charge on any atom is 0.0862 e. The SMILES string of the molecule is OC1(Cc2cc(Br)cs2)CCN2CCCC21. The standard InChI is InChI=1S/C12H16BrNOS/c13-9-6-10(16-8-9)7-12(15)3-5-14-4-1-2-11(12)14/h6,8,11,15H,1-5,7H2. The van der Waals surface area contributed by atoms with Crippen molar-refractivity contribution in [1.29, 1.82) is 0 Å². The quantitative estimate of drug-likeness (QED) is 0.908. The third-order valence-electron chi connectivity index (χ3n) is 3.92. The Morgan fingerprint density at radius 1 is 1.56 bits per heavy atom. The zero-order valence-corrected chi connectivity index (χ0v) is 11.6. The molecule has 3 rings (SSSR count). The largest absolute Gasteiger partial charge is 0.388 e. The van der Waals surface area contributed by atoms with E-state index in [2.05, 4.69) is 32.3 Å². The third kappa shape index (κ3) is 1.86. The summed E-state index contributed by atoms with van der Waals surface area (Å²) in [7, 11) is 0. The van der Waals surface area contributed by atoms with Crippen molar-refractivity contribution in [2.45, 2.75) is 37.3 Å². The first-order valence-corrected chi connectivity index (χ1v) is 7.54. The van der Waals surface area contributed by atoms with Crippen LogP contribution in [0.3, 0.4) is 0 Å². The van der Waals surface area contributed by atoms with Crippen molar-refractivity contribution in [2.24, 2.45) is 0 Å². The molecule has 0 spiro atoms. The van der Waals surface area contributed by atoms with Gasteiger partial charge >= 0.3 is 0 Å². The lowest BCUT2D eigenvalue weighted by Gasteiger charge is -2.29. The fourth-order valence-electron chi connectivity index (χ4n) is 3.16. The van der Waals surface area contributed by atoms with E-state index < -0.39 is 5.60 Å². The van der Waals surface area contributed by atoms with Crippen molar-refractivity contribution in [3.05, 3.63) is 20.8 Å². The Bertz CT molecular complexity index is 394. The van der Waals surface area contributed by atoms with E-state index >= 15 is 0 Å². The van der Waals surface area contributed by atoms with Gasteiger partial charge in [-0.2, -0.15) is 0 Å². The van der Waals surface area contributed by atoms with E-state index in [-0.39, 0.29) is 0 Å². The maximum absolute atomic E-state index is 10.8. The third-order valence-corrected chi connectivity index (χ3v) is 5.62. The number of nitrogens with zero attached hydrogens (tertiary/aromatic N) is 1. The molecule has 0 aromatic carbocycles. The molecule has 0 saturated carbocycles. The van der Waals surface area contributed by atoms with Crippen molar-refractivity contribution >= 4 is 27.3 Å². The molecule has 2 unspecified atom stereocenters. The van der Waals surface area contributed by atoms with Gasteiger partial charge in [-0.05, 0) is 47.8 Å². The highest BCUT2D eigenvalue weighted by molar-refractivity contribution is 9.10. The first-order chi connectivity index (χ1) is 7.67. The number of rotatable bonds is 2. The normalized spacial score (nSPS) is 34.5. The summed E-state index contributed by atoms with van der Waals surface area (Å²) in [5.74, 6) is 0.